The van der Waals surface area contributed by atoms with Gasteiger partial charge < -0.3 is 31.3 Å². The molecule has 15 rings (SSSR count). The second-order valence-electron chi connectivity index (χ2n) is 30.6. The Morgan fingerprint density at radius 2 is 0.598 bits per heavy atom. The van der Waals surface area contributed by atoms with Gasteiger partial charge in [0, 0.05) is 63.8 Å². The molecule has 0 spiro atoms. The number of hydrogen-bond donors (Lipinski definition) is 5. The van der Waals surface area contributed by atoms with E-state index in [1.165, 1.54) is 16.7 Å². The molecular formula is C98H96Br2N6O6. The summed E-state index contributed by atoms with van der Waals surface area (Å²) >= 11 is 6.93. The fourth-order valence-corrected chi connectivity index (χ4v) is 15.6. The molecule has 0 radical (unpaired) electrons. The van der Waals surface area contributed by atoms with Crippen LogP contribution in [0.25, 0.3) is 27.9 Å². The average Bonchev–Trinajstić information content (AvgIpc) is 0.790. The standard InChI is InChI=1S/C21H23NO2.C21H23NO.C19H17Br2NO.C19H16N2O.C18H17NO/c1-14-5-9-17(10-6-14)21(3)13-19(15(2)20(23)22-21)16-7-11-18(24-4)12-8-16;1-14-5-9-17(10-6-14)19-13-21(4,22-20(23)16(19)3)18-11-7-15(2)8-12-18;1-12-17(13-3-7-15(20)8-4-13)11-19(2,22-18(12)23)14-5-9-16(21)10-6-14;1-19(15-10-6-3-7-11-15)12-16(14-8-4-2-5-9-14)17(13-20)18(22)21-19;1-18(16-10-6-3-7-11-16)13-15(12-17(20)19-18)14-8-4-2-5-9-14/h5-12H,13H2,1-4H3,(H,22,23);5-12H,13H2,1-4H3,(H,22,23);3-10H,11H2,1-2H3,(H,22,23);2-11H,12H2,1H3,(H,21,22);2-12H,13H2,1H3,(H,19,20). The van der Waals surface area contributed by atoms with Gasteiger partial charge in [0.2, 0.25) is 23.6 Å². The van der Waals surface area contributed by atoms with Crippen LogP contribution in [0.5, 0.6) is 5.75 Å². The van der Waals surface area contributed by atoms with Gasteiger partial charge in [0.15, 0.2) is 0 Å². The lowest BCUT2D eigenvalue weighted by atomic mass is 9.78. The Hall–Kier alpha value is -11.5. The van der Waals surface area contributed by atoms with E-state index in [1.54, 1.807) is 13.2 Å². The largest absolute Gasteiger partial charge is 0.497 e. The molecule has 5 aliphatic heterocycles. The van der Waals surface area contributed by atoms with Gasteiger partial charge in [0.25, 0.3) is 5.91 Å². The third-order valence-electron chi connectivity index (χ3n) is 21.9. The van der Waals surface area contributed by atoms with Crippen molar-refractivity contribution in [1.29, 1.82) is 5.26 Å². The van der Waals surface area contributed by atoms with Gasteiger partial charge in [-0.2, -0.15) is 5.26 Å². The Bertz CT molecular complexity index is 5170. The Labute approximate surface area is 676 Å². The molecule has 112 heavy (non-hydrogen) atoms. The van der Waals surface area contributed by atoms with E-state index < -0.39 is 16.6 Å². The number of nitrogens with zero attached hydrogens (tertiary/aromatic N) is 1. The third kappa shape index (κ3) is 19.3. The maximum Gasteiger partial charge on any atom is 0.262 e. The number of hydrogen-bond acceptors (Lipinski definition) is 7. The molecule has 0 bridgehead atoms. The summed E-state index contributed by atoms with van der Waals surface area (Å²) in [5.74, 6) is 0.503. The summed E-state index contributed by atoms with van der Waals surface area (Å²) in [6.45, 7) is 22.3. The monoisotopic (exact) mass is 1610 g/mol. The smallest absolute Gasteiger partial charge is 0.262 e. The first kappa shape index (κ1) is 81.5. The minimum atomic E-state index is -0.510. The van der Waals surface area contributed by atoms with Gasteiger partial charge >= 0.3 is 0 Å². The minimum Gasteiger partial charge on any atom is -0.497 e. The van der Waals surface area contributed by atoms with Crippen LogP contribution in [0, 0.1) is 32.1 Å². The van der Waals surface area contributed by atoms with Crippen molar-refractivity contribution in [3.63, 3.8) is 0 Å². The third-order valence-corrected chi connectivity index (χ3v) is 23.0. The zero-order chi connectivity index (χ0) is 80.1. The van der Waals surface area contributed by atoms with Crippen LogP contribution in [0.2, 0.25) is 0 Å². The van der Waals surface area contributed by atoms with Crippen LogP contribution in [-0.2, 0) is 51.7 Å². The number of nitrogens with one attached hydrogen (secondary N) is 5. The zero-order valence-electron chi connectivity index (χ0n) is 65.7. The number of halogens is 2. The van der Waals surface area contributed by atoms with E-state index in [4.69, 9.17) is 4.74 Å². The molecule has 5 atom stereocenters. The number of rotatable bonds is 11. The summed E-state index contributed by atoms with van der Waals surface area (Å²) in [6.07, 6.45) is 5.44. The van der Waals surface area contributed by atoms with Gasteiger partial charge in [-0.05, 0) is 196 Å². The number of aryl methyl sites for hydroxylation is 3. The lowest BCUT2D eigenvalue weighted by Gasteiger charge is -2.37. The maximum absolute atomic E-state index is 12.6. The molecule has 0 saturated heterocycles. The van der Waals surface area contributed by atoms with Crippen molar-refractivity contribution in [1.82, 2.24) is 26.6 Å². The second-order valence-corrected chi connectivity index (χ2v) is 32.4. The molecule has 10 aromatic carbocycles. The molecule has 5 amide bonds. The van der Waals surface area contributed by atoms with E-state index in [1.807, 2.05) is 173 Å². The van der Waals surface area contributed by atoms with Gasteiger partial charge in [-0.1, -0.05) is 279 Å². The second kappa shape index (κ2) is 35.2. The van der Waals surface area contributed by atoms with Crippen molar-refractivity contribution >= 4 is 89.3 Å². The molecule has 568 valence electrons. The molecule has 5 unspecified atom stereocenters. The molecule has 5 aliphatic rings. The molecule has 10 aromatic rings. The molecule has 14 heteroatoms. The van der Waals surface area contributed by atoms with Crippen molar-refractivity contribution in [2.24, 2.45) is 0 Å². The number of ether oxygens (including phenoxy) is 1. The Morgan fingerprint density at radius 3 is 0.964 bits per heavy atom. The molecule has 5 N–H and O–H groups in total. The summed E-state index contributed by atoms with van der Waals surface area (Å²) in [5.41, 5.74) is 20.4. The number of carbonyl (C=O) groups is 5. The van der Waals surface area contributed by atoms with E-state index in [0.717, 1.165) is 141 Å². The van der Waals surface area contributed by atoms with Crippen molar-refractivity contribution in [3.05, 3.63) is 377 Å². The molecular weight excluding hydrogens is 1520 g/mol. The fraction of sp³-hybridized carbons (Fsp3) is 0.224. The lowest BCUT2D eigenvalue weighted by molar-refractivity contribution is -0.120. The topological polar surface area (TPSA) is 179 Å². The van der Waals surface area contributed by atoms with E-state index >= 15 is 0 Å². The molecule has 12 nitrogen and oxygen atoms in total. The van der Waals surface area contributed by atoms with Gasteiger partial charge in [-0.25, -0.2) is 0 Å². The summed E-state index contributed by atoms with van der Waals surface area (Å²) in [6, 6.07) is 91.2. The molecule has 5 heterocycles. The lowest BCUT2D eigenvalue weighted by Crippen LogP contribution is -2.47. The number of nitriles is 1. The molecule has 0 aliphatic carbocycles. The van der Waals surface area contributed by atoms with Gasteiger partial charge in [0.05, 0.1) is 34.8 Å². The summed E-state index contributed by atoms with van der Waals surface area (Å²) in [5, 5.41) is 25.0. The Morgan fingerprint density at radius 1 is 0.321 bits per heavy atom. The first-order chi connectivity index (χ1) is 53.5. The average molecular weight is 1610 g/mol. The van der Waals surface area contributed by atoms with Crippen LogP contribution in [-0.4, -0.2) is 36.6 Å². The van der Waals surface area contributed by atoms with Crippen LogP contribution in [0.3, 0.4) is 0 Å². The first-order valence-corrected chi connectivity index (χ1v) is 39.3. The van der Waals surface area contributed by atoms with Crippen LogP contribution in [0.4, 0.5) is 0 Å². The van der Waals surface area contributed by atoms with E-state index in [0.29, 0.717) is 6.42 Å². The zero-order valence-corrected chi connectivity index (χ0v) is 68.8. The SMILES string of the molecule is CC1(c2ccccc2)CC(c2ccccc2)=C(C#N)C(=O)N1.CC1(c2ccccc2)CC(c2ccccc2)=CC(=O)N1.CC1=C(c2ccc(Br)cc2)CC(C)(c2ccc(Br)cc2)NC1=O.CC1=C(c2ccc(C)cc2)CC(C)(c2ccc(C)cc2)NC1=O.COc1ccc(C2=C(C)C(=O)NC(C)(c3ccc(C)cc3)C2)cc1. The quantitative estimate of drug-likeness (QED) is 0.0855. The number of carbonyl (C=O) groups excluding carboxylic acids is 5. The number of amides is 5. The van der Waals surface area contributed by atoms with E-state index in [-0.39, 0.29) is 46.2 Å². The van der Waals surface area contributed by atoms with Gasteiger partial charge in [0.1, 0.15) is 17.4 Å². The highest BCUT2D eigenvalue weighted by Crippen LogP contribution is 2.44. The minimum absolute atomic E-state index is 0.000382. The van der Waals surface area contributed by atoms with Crippen molar-refractivity contribution < 1.29 is 28.7 Å². The van der Waals surface area contributed by atoms with Crippen molar-refractivity contribution in [3.8, 4) is 11.8 Å². The summed E-state index contributed by atoms with van der Waals surface area (Å²) in [4.78, 5) is 62.1. The Balaban J connectivity index is 0.000000139. The van der Waals surface area contributed by atoms with E-state index in [9.17, 15) is 29.2 Å². The molecule has 0 fully saturated rings. The van der Waals surface area contributed by atoms with Crippen LogP contribution < -0.4 is 31.3 Å². The fourth-order valence-electron chi connectivity index (χ4n) is 15.1. The molecule has 0 saturated carbocycles. The highest BCUT2D eigenvalue weighted by Gasteiger charge is 2.41. The highest BCUT2D eigenvalue weighted by atomic mass is 79.9. The predicted molar refractivity (Wildman–Crippen MR) is 459 cm³/mol. The van der Waals surface area contributed by atoms with Crippen molar-refractivity contribution in [2.45, 2.75) is 136 Å². The van der Waals surface area contributed by atoms with Gasteiger partial charge in [-0.3, -0.25) is 24.0 Å². The van der Waals surface area contributed by atoms with Crippen LogP contribution >= 0.6 is 31.9 Å². The number of methoxy groups -OCH3 is 1. The van der Waals surface area contributed by atoms with Crippen LogP contribution in [0.1, 0.15) is 160 Å². The Kier molecular flexibility index (Phi) is 25.6. The summed E-state index contributed by atoms with van der Waals surface area (Å²) < 4.78 is 7.30. The molecule has 0 aromatic heterocycles. The number of benzene rings is 10. The summed E-state index contributed by atoms with van der Waals surface area (Å²) in [7, 11) is 1.65. The predicted octanol–water partition coefficient (Wildman–Crippen LogP) is 21.0. The first-order valence-electron chi connectivity index (χ1n) is 37.7. The normalized spacial score (nSPS) is 21.3. The van der Waals surface area contributed by atoms with Crippen molar-refractivity contribution in [2.75, 3.05) is 7.11 Å². The maximum atomic E-state index is 12.6. The van der Waals surface area contributed by atoms with Gasteiger partial charge in [-0.15, -0.1) is 0 Å². The highest BCUT2D eigenvalue weighted by molar-refractivity contribution is 9.10. The van der Waals surface area contributed by atoms with E-state index in [2.05, 4.69) is 234 Å². The van der Waals surface area contributed by atoms with Crippen LogP contribution in [0.15, 0.2) is 304 Å².